The van der Waals surface area contributed by atoms with Crippen molar-refractivity contribution < 1.29 is 9.26 Å². The molecule has 17 heavy (non-hydrogen) atoms. The number of methoxy groups -OCH3 is 1. The number of aromatic nitrogens is 3. The van der Waals surface area contributed by atoms with Gasteiger partial charge in [-0.2, -0.15) is 4.98 Å². The molecule has 0 aliphatic rings. The molecule has 2 aromatic heterocycles. The zero-order valence-electron chi connectivity index (χ0n) is 9.30. The lowest BCUT2D eigenvalue weighted by atomic mass is 10.3. The second-order valence-corrected chi connectivity index (χ2v) is 4.53. The smallest absolute Gasteiger partial charge is 0.286 e. The molecule has 5 nitrogen and oxygen atoms in total. The van der Waals surface area contributed by atoms with Crippen LogP contribution in [0.15, 0.2) is 22.7 Å². The van der Waals surface area contributed by atoms with Crippen molar-refractivity contribution in [3.05, 3.63) is 24.0 Å². The summed E-state index contributed by atoms with van der Waals surface area (Å²) in [7, 11) is 1.64. The molecule has 0 bridgehead atoms. The largest absolute Gasteiger partial charge is 0.497 e. The zero-order valence-corrected chi connectivity index (χ0v) is 10.1. The monoisotopic (exact) mass is 247 g/mol. The Bertz CT molecular complexity index is 674. The molecule has 0 radical (unpaired) electrons. The van der Waals surface area contributed by atoms with Crippen LogP contribution in [0.1, 0.15) is 5.82 Å². The van der Waals surface area contributed by atoms with Crippen LogP contribution in [-0.2, 0) is 0 Å². The third kappa shape index (κ3) is 1.76. The van der Waals surface area contributed by atoms with Gasteiger partial charge in [-0.05, 0) is 25.1 Å². The second kappa shape index (κ2) is 3.81. The Hall–Kier alpha value is -1.95. The first-order valence-corrected chi connectivity index (χ1v) is 5.83. The lowest BCUT2D eigenvalue weighted by Crippen LogP contribution is -1.80. The van der Waals surface area contributed by atoms with E-state index in [9.17, 15) is 0 Å². The summed E-state index contributed by atoms with van der Waals surface area (Å²) in [5.74, 6) is 1.88. The first-order chi connectivity index (χ1) is 8.26. The maximum absolute atomic E-state index is 5.17. The Balaban J connectivity index is 2.13. The van der Waals surface area contributed by atoms with Gasteiger partial charge in [-0.3, -0.25) is 0 Å². The molecular formula is C11H9N3O2S. The summed E-state index contributed by atoms with van der Waals surface area (Å²) in [6, 6.07) is 5.74. The predicted octanol–water partition coefficient (Wildman–Crippen LogP) is 2.66. The van der Waals surface area contributed by atoms with Crippen molar-refractivity contribution in [1.82, 2.24) is 15.1 Å². The molecule has 0 N–H and O–H groups in total. The topological polar surface area (TPSA) is 61.0 Å². The number of nitrogens with zero attached hydrogens (tertiary/aromatic N) is 3. The van der Waals surface area contributed by atoms with E-state index >= 15 is 0 Å². The van der Waals surface area contributed by atoms with E-state index in [1.54, 1.807) is 14.0 Å². The molecule has 0 fully saturated rings. The van der Waals surface area contributed by atoms with Crippen molar-refractivity contribution >= 4 is 21.6 Å². The number of benzene rings is 1. The molecule has 0 saturated carbocycles. The van der Waals surface area contributed by atoms with Crippen molar-refractivity contribution in [2.75, 3.05) is 7.11 Å². The van der Waals surface area contributed by atoms with Crippen LogP contribution in [0, 0.1) is 6.92 Å². The minimum absolute atomic E-state index is 0.461. The van der Waals surface area contributed by atoms with Crippen molar-refractivity contribution in [3.63, 3.8) is 0 Å². The second-order valence-electron chi connectivity index (χ2n) is 3.50. The first kappa shape index (κ1) is 10.2. The number of aryl methyl sites for hydroxylation is 1. The van der Waals surface area contributed by atoms with Crippen LogP contribution < -0.4 is 4.74 Å². The van der Waals surface area contributed by atoms with Crippen LogP contribution in [0.4, 0.5) is 0 Å². The van der Waals surface area contributed by atoms with Gasteiger partial charge >= 0.3 is 0 Å². The van der Waals surface area contributed by atoms with Crippen molar-refractivity contribution in [3.8, 4) is 16.6 Å². The molecule has 0 aliphatic carbocycles. The molecule has 0 atom stereocenters. The molecule has 0 aliphatic heterocycles. The summed E-state index contributed by atoms with van der Waals surface area (Å²) < 4.78 is 11.3. The van der Waals surface area contributed by atoms with Gasteiger partial charge in [-0.25, -0.2) is 4.98 Å². The molecule has 0 unspecified atom stereocenters. The van der Waals surface area contributed by atoms with Gasteiger partial charge in [0.05, 0.1) is 17.3 Å². The highest BCUT2D eigenvalue weighted by atomic mass is 32.1. The Morgan fingerprint density at radius 3 is 2.88 bits per heavy atom. The number of hydrogen-bond donors (Lipinski definition) is 0. The van der Waals surface area contributed by atoms with Crippen molar-refractivity contribution in [2.24, 2.45) is 0 Å². The van der Waals surface area contributed by atoms with Crippen LogP contribution >= 0.6 is 11.3 Å². The predicted molar refractivity (Wildman–Crippen MR) is 64.2 cm³/mol. The molecule has 3 rings (SSSR count). The standard InChI is InChI=1S/C11H9N3O2S/c1-6-12-10(16-14-6)11-13-8-4-3-7(15-2)5-9(8)17-11/h3-5H,1-2H3. The average molecular weight is 247 g/mol. The highest BCUT2D eigenvalue weighted by Crippen LogP contribution is 2.31. The van der Waals surface area contributed by atoms with Gasteiger partial charge in [-0.15, -0.1) is 11.3 Å². The number of ether oxygens (including phenoxy) is 1. The van der Waals surface area contributed by atoms with Crippen LogP contribution in [0.3, 0.4) is 0 Å². The lowest BCUT2D eigenvalue weighted by molar-refractivity contribution is 0.415. The number of fused-ring (bicyclic) bond motifs is 1. The number of rotatable bonds is 2. The average Bonchev–Trinajstić information content (AvgIpc) is 2.93. The molecule has 0 amide bonds. The van der Waals surface area contributed by atoms with Crippen molar-refractivity contribution in [1.29, 1.82) is 0 Å². The van der Waals surface area contributed by atoms with E-state index in [0.29, 0.717) is 11.7 Å². The summed E-state index contributed by atoms with van der Waals surface area (Å²) in [6.07, 6.45) is 0. The van der Waals surface area contributed by atoms with Gasteiger partial charge in [0.25, 0.3) is 5.89 Å². The Kier molecular flexibility index (Phi) is 2.29. The van der Waals surface area contributed by atoms with E-state index < -0.39 is 0 Å². The fourth-order valence-electron chi connectivity index (χ4n) is 1.51. The summed E-state index contributed by atoms with van der Waals surface area (Å²) in [5.41, 5.74) is 0.904. The van der Waals surface area contributed by atoms with E-state index in [1.165, 1.54) is 11.3 Å². The van der Waals surface area contributed by atoms with E-state index in [1.807, 2.05) is 18.2 Å². The van der Waals surface area contributed by atoms with Crippen LogP contribution in [-0.4, -0.2) is 22.2 Å². The quantitative estimate of drug-likeness (QED) is 0.696. The lowest BCUT2D eigenvalue weighted by Gasteiger charge is -1.96. The van der Waals surface area contributed by atoms with E-state index in [0.717, 1.165) is 21.0 Å². The Morgan fingerprint density at radius 1 is 1.29 bits per heavy atom. The summed E-state index contributed by atoms with van der Waals surface area (Å²) in [4.78, 5) is 8.60. The zero-order chi connectivity index (χ0) is 11.8. The van der Waals surface area contributed by atoms with Crippen molar-refractivity contribution in [2.45, 2.75) is 6.92 Å². The van der Waals surface area contributed by atoms with Gasteiger partial charge in [0.15, 0.2) is 10.8 Å². The maximum atomic E-state index is 5.17. The summed E-state index contributed by atoms with van der Waals surface area (Å²) in [6.45, 7) is 1.78. The van der Waals surface area contributed by atoms with E-state index in [4.69, 9.17) is 9.26 Å². The SMILES string of the molecule is COc1ccc2nc(-c3nc(C)no3)sc2c1. The molecule has 3 aromatic rings. The highest BCUT2D eigenvalue weighted by Gasteiger charge is 2.12. The van der Waals surface area contributed by atoms with Gasteiger partial charge in [-0.1, -0.05) is 5.16 Å². The van der Waals surface area contributed by atoms with E-state index in [2.05, 4.69) is 15.1 Å². The van der Waals surface area contributed by atoms with Gasteiger partial charge in [0.1, 0.15) is 5.75 Å². The van der Waals surface area contributed by atoms with Crippen LogP contribution in [0.5, 0.6) is 5.75 Å². The fraction of sp³-hybridized carbons (Fsp3) is 0.182. The van der Waals surface area contributed by atoms with Crippen LogP contribution in [0.25, 0.3) is 21.1 Å². The molecule has 0 saturated heterocycles. The maximum Gasteiger partial charge on any atom is 0.286 e. The molecule has 2 heterocycles. The molecule has 86 valence electrons. The number of thiazole rings is 1. The number of hydrogen-bond acceptors (Lipinski definition) is 6. The third-order valence-electron chi connectivity index (χ3n) is 2.31. The summed E-state index contributed by atoms with van der Waals surface area (Å²) >= 11 is 1.51. The molecule has 6 heteroatoms. The minimum Gasteiger partial charge on any atom is -0.497 e. The normalized spacial score (nSPS) is 10.9. The molecule has 1 aromatic carbocycles. The fourth-order valence-corrected chi connectivity index (χ4v) is 2.42. The Morgan fingerprint density at radius 2 is 2.18 bits per heavy atom. The third-order valence-corrected chi connectivity index (χ3v) is 3.31. The Labute approximate surface area is 101 Å². The highest BCUT2D eigenvalue weighted by molar-refractivity contribution is 7.21. The van der Waals surface area contributed by atoms with Gasteiger partial charge in [0.2, 0.25) is 0 Å². The first-order valence-electron chi connectivity index (χ1n) is 5.01. The minimum atomic E-state index is 0.461. The molecular weight excluding hydrogens is 238 g/mol. The van der Waals surface area contributed by atoms with Gasteiger partial charge in [0, 0.05) is 0 Å². The van der Waals surface area contributed by atoms with E-state index in [-0.39, 0.29) is 0 Å². The summed E-state index contributed by atoms with van der Waals surface area (Å²) in [5, 5.41) is 4.48. The van der Waals surface area contributed by atoms with Crippen LogP contribution in [0.2, 0.25) is 0 Å². The molecule has 0 spiro atoms. The van der Waals surface area contributed by atoms with Gasteiger partial charge < -0.3 is 9.26 Å².